The van der Waals surface area contributed by atoms with Crippen LogP contribution in [-0.2, 0) is 11.3 Å². The minimum absolute atomic E-state index is 0.0230. The molecule has 100 valence electrons. The van der Waals surface area contributed by atoms with Gasteiger partial charge in [-0.15, -0.1) is 0 Å². The summed E-state index contributed by atoms with van der Waals surface area (Å²) in [6.45, 7) is 1.57. The molecule has 0 radical (unpaired) electrons. The Kier molecular flexibility index (Phi) is 4.98. The number of aryl methyl sites for hydroxylation is 1. The maximum Gasteiger partial charge on any atom is 0.257 e. The van der Waals surface area contributed by atoms with E-state index < -0.39 is 0 Å². The topological polar surface area (TPSA) is 56.1 Å². The van der Waals surface area contributed by atoms with E-state index >= 15 is 0 Å². The first-order valence-electron chi connectivity index (χ1n) is 6.25. The van der Waals surface area contributed by atoms with Crippen molar-refractivity contribution in [3.8, 4) is 5.75 Å². The zero-order valence-corrected chi connectivity index (χ0v) is 10.7. The summed E-state index contributed by atoms with van der Waals surface area (Å²) in [6, 6.07) is 7.51. The van der Waals surface area contributed by atoms with E-state index in [9.17, 15) is 4.79 Å². The molecule has 5 nitrogen and oxygen atoms in total. The van der Waals surface area contributed by atoms with Crippen molar-refractivity contribution >= 4 is 5.91 Å². The van der Waals surface area contributed by atoms with Gasteiger partial charge in [-0.3, -0.25) is 9.78 Å². The van der Waals surface area contributed by atoms with Gasteiger partial charge in [0.15, 0.2) is 6.61 Å². The molecule has 2 rings (SSSR count). The molecule has 2 heterocycles. The summed E-state index contributed by atoms with van der Waals surface area (Å²) in [7, 11) is 0. The maximum absolute atomic E-state index is 11.5. The summed E-state index contributed by atoms with van der Waals surface area (Å²) in [5.41, 5.74) is 0. The van der Waals surface area contributed by atoms with Gasteiger partial charge in [-0.1, -0.05) is 0 Å². The molecule has 2 aromatic heterocycles. The minimum Gasteiger partial charge on any atom is -0.482 e. The smallest absolute Gasteiger partial charge is 0.257 e. The molecular weight excluding hydrogens is 242 g/mol. The fourth-order valence-electron chi connectivity index (χ4n) is 1.64. The molecule has 5 heteroatoms. The second-order valence-electron chi connectivity index (χ2n) is 4.10. The SMILES string of the molecule is O=C(COc1cccnc1)NCCCn1cccc1. The minimum atomic E-state index is -0.114. The third kappa shape index (κ3) is 4.83. The lowest BCUT2D eigenvalue weighted by atomic mass is 10.4. The maximum atomic E-state index is 11.5. The van der Waals surface area contributed by atoms with Gasteiger partial charge in [0.05, 0.1) is 6.20 Å². The highest BCUT2D eigenvalue weighted by Crippen LogP contribution is 2.05. The summed E-state index contributed by atoms with van der Waals surface area (Å²) in [5.74, 6) is 0.487. The zero-order valence-electron chi connectivity index (χ0n) is 10.7. The van der Waals surface area contributed by atoms with Crippen molar-refractivity contribution in [1.82, 2.24) is 14.9 Å². The van der Waals surface area contributed by atoms with Crippen LogP contribution in [0.2, 0.25) is 0 Å². The fraction of sp³-hybridized carbons (Fsp3) is 0.286. The summed E-state index contributed by atoms with van der Waals surface area (Å²) in [6.07, 6.45) is 8.15. The first-order valence-corrected chi connectivity index (χ1v) is 6.25. The van der Waals surface area contributed by atoms with Crippen LogP contribution >= 0.6 is 0 Å². The van der Waals surface area contributed by atoms with E-state index in [0.717, 1.165) is 13.0 Å². The number of amides is 1. The quantitative estimate of drug-likeness (QED) is 0.766. The van der Waals surface area contributed by atoms with E-state index in [1.807, 2.05) is 24.5 Å². The number of carbonyl (C=O) groups is 1. The highest BCUT2D eigenvalue weighted by atomic mass is 16.5. The van der Waals surface area contributed by atoms with Crippen LogP contribution < -0.4 is 10.1 Å². The number of nitrogens with one attached hydrogen (secondary N) is 1. The Hall–Kier alpha value is -2.30. The van der Waals surface area contributed by atoms with Crippen molar-refractivity contribution in [2.45, 2.75) is 13.0 Å². The summed E-state index contributed by atoms with van der Waals surface area (Å²) in [5, 5.41) is 2.82. The van der Waals surface area contributed by atoms with E-state index in [4.69, 9.17) is 4.74 Å². The molecular formula is C14H17N3O2. The van der Waals surface area contributed by atoms with Gasteiger partial charge < -0.3 is 14.6 Å². The number of hydrogen-bond donors (Lipinski definition) is 1. The van der Waals surface area contributed by atoms with Crippen LogP contribution in [0.1, 0.15) is 6.42 Å². The molecule has 0 spiro atoms. The van der Waals surface area contributed by atoms with Crippen LogP contribution in [0.3, 0.4) is 0 Å². The fourth-order valence-corrected chi connectivity index (χ4v) is 1.64. The lowest BCUT2D eigenvalue weighted by Gasteiger charge is -2.07. The number of carbonyl (C=O) groups excluding carboxylic acids is 1. The normalized spacial score (nSPS) is 10.1. The summed E-state index contributed by atoms with van der Waals surface area (Å²) in [4.78, 5) is 15.4. The molecule has 0 fully saturated rings. The van der Waals surface area contributed by atoms with Crippen molar-refractivity contribution in [1.29, 1.82) is 0 Å². The standard InChI is InChI=1S/C14H17N3O2/c18-14(12-19-13-5-3-6-15-11-13)16-7-4-10-17-8-1-2-9-17/h1-3,5-6,8-9,11H,4,7,10,12H2,(H,16,18). The van der Waals surface area contributed by atoms with Gasteiger partial charge in [-0.25, -0.2) is 0 Å². The van der Waals surface area contributed by atoms with Crippen LogP contribution in [0, 0.1) is 0 Å². The Morgan fingerprint density at radius 2 is 2.16 bits per heavy atom. The van der Waals surface area contributed by atoms with Crippen LogP contribution in [0.15, 0.2) is 49.1 Å². The first-order chi connectivity index (χ1) is 9.34. The van der Waals surface area contributed by atoms with Crippen molar-refractivity contribution in [3.63, 3.8) is 0 Å². The largest absolute Gasteiger partial charge is 0.482 e. The Balaban J connectivity index is 1.57. The molecule has 0 aliphatic rings. The Bertz CT molecular complexity index is 483. The number of rotatable bonds is 7. The molecule has 0 atom stereocenters. The number of hydrogen-bond acceptors (Lipinski definition) is 3. The molecule has 0 aliphatic carbocycles. The van der Waals surface area contributed by atoms with E-state index in [2.05, 4.69) is 14.9 Å². The lowest BCUT2D eigenvalue weighted by molar-refractivity contribution is -0.123. The third-order valence-electron chi connectivity index (χ3n) is 2.59. The molecule has 1 N–H and O–H groups in total. The molecule has 19 heavy (non-hydrogen) atoms. The molecule has 1 amide bonds. The van der Waals surface area contributed by atoms with Crippen LogP contribution in [-0.4, -0.2) is 28.6 Å². The lowest BCUT2D eigenvalue weighted by Crippen LogP contribution is -2.30. The van der Waals surface area contributed by atoms with Crippen LogP contribution in [0.4, 0.5) is 0 Å². The van der Waals surface area contributed by atoms with E-state index in [-0.39, 0.29) is 12.5 Å². The van der Waals surface area contributed by atoms with Crippen LogP contribution in [0.25, 0.3) is 0 Å². The molecule has 0 saturated heterocycles. The number of ether oxygens (including phenoxy) is 1. The molecule has 0 bridgehead atoms. The second-order valence-corrected chi connectivity index (χ2v) is 4.10. The Labute approximate surface area is 112 Å². The van der Waals surface area contributed by atoms with Gasteiger partial charge >= 0.3 is 0 Å². The Morgan fingerprint density at radius 1 is 1.32 bits per heavy atom. The molecule has 0 aromatic carbocycles. The highest BCUT2D eigenvalue weighted by Gasteiger charge is 2.01. The average Bonchev–Trinajstić information content (AvgIpc) is 2.96. The first kappa shape index (κ1) is 13.1. The molecule has 0 aliphatic heterocycles. The van der Waals surface area contributed by atoms with Crippen molar-refractivity contribution in [2.75, 3.05) is 13.2 Å². The van der Waals surface area contributed by atoms with Gasteiger partial charge in [0.1, 0.15) is 5.75 Å². The van der Waals surface area contributed by atoms with Crippen molar-refractivity contribution < 1.29 is 9.53 Å². The predicted octanol–water partition coefficient (Wildman–Crippen LogP) is 1.47. The van der Waals surface area contributed by atoms with Gasteiger partial charge in [-0.05, 0) is 30.7 Å². The number of aromatic nitrogens is 2. The highest BCUT2D eigenvalue weighted by molar-refractivity contribution is 5.77. The predicted molar refractivity (Wildman–Crippen MR) is 71.8 cm³/mol. The van der Waals surface area contributed by atoms with E-state index in [1.165, 1.54) is 0 Å². The van der Waals surface area contributed by atoms with Crippen molar-refractivity contribution in [3.05, 3.63) is 49.1 Å². The molecule has 0 saturated carbocycles. The number of pyridine rings is 1. The van der Waals surface area contributed by atoms with E-state index in [1.54, 1.807) is 24.5 Å². The average molecular weight is 259 g/mol. The number of nitrogens with zero attached hydrogens (tertiary/aromatic N) is 2. The molecule has 0 unspecified atom stereocenters. The monoisotopic (exact) mass is 259 g/mol. The summed E-state index contributed by atoms with van der Waals surface area (Å²) < 4.78 is 7.37. The van der Waals surface area contributed by atoms with Gasteiger partial charge in [0.2, 0.25) is 0 Å². The van der Waals surface area contributed by atoms with Crippen LogP contribution in [0.5, 0.6) is 5.75 Å². The van der Waals surface area contributed by atoms with Gasteiger partial charge in [0.25, 0.3) is 5.91 Å². The molecule has 2 aromatic rings. The van der Waals surface area contributed by atoms with E-state index in [0.29, 0.717) is 12.3 Å². The second kappa shape index (κ2) is 7.20. The van der Waals surface area contributed by atoms with Gasteiger partial charge in [0, 0.05) is 31.7 Å². The zero-order chi connectivity index (χ0) is 13.3. The van der Waals surface area contributed by atoms with Crippen molar-refractivity contribution in [2.24, 2.45) is 0 Å². The Morgan fingerprint density at radius 3 is 2.89 bits per heavy atom. The summed E-state index contributed by atoms with van der Waals surface area (Å²) >= 11 is 0. The van der Waals surface area contributed by atoms with Gasteiger partial charge in [-0.2, -0.15) is 0 Å². The third-order valence-corrected chi connectivity index (χ3v) is 2.59.